The maximum Gasteiger partial charge on any atom is 0.224 e. The van der Waals surface area contributed by atoms with Crippen LogP contribution in [0.15, 0.2) is 67.0 Å². The molecule has 1 aromatic heterocycles. The fourth-order valence-electron chi connectivity index (χ4n) is 3.32. The third kappa shape index (κ3) is 4.23. The summed E-state index contributed by atoms with van der Waals surface area (Å²) in [6.07, 6.45) is 4.16. The fraction of sp³-hybridized carbons (Fsp3) is 0.238. The molecule has 1 aliphatic rings. The van der Waals surface area contributed by atoms with Crippen molar-refractivity contribution in [1.82, 2.24) is 20.0 Å². The number of aromatic nitrogens is 2. The molecule has 27 heavy (non-hydrogen) atoms. The molecular weight excluding hydrogens is 343 g/mol. The Bertz CT molecular complexity index is 891. The average Bonchev–Trinajstić information content (AvgIpc) is 3.33. The van der Waals surface area contributed by atoms with Gasteiger partial charge in [-0.3, -0.25) is 4.79 Å². The SMILES string of the molecule is O=C1C[C@@H](NCc2ccc(-n3cccn3)cc2)CN1Cc1ccc(F)cc1. The van der Waals surface area contributed by atoms with Gasteiger partial charge in [0.25, 0.3) is 0 Å². The van der Waals surface area contributed by atoms with Crippen LogP contribution in [0.2, 0.25) is 0 Å². The van der Waals surface area contributed by atoms with E-state index in [0.29, 0.717) is 26.1 Å². The van der Waals surface area contributed by atoms with Crippen LogP contribution < -0.4 is 5.32 Å². The lowest BCUT2D eigenvalue weighted by molar-refractivity contribution is -0.128. The van der Waals surface area contributed by atoms with Gasteiger partial charge in [-0.1, -0.05) is 24.3 Å². The van der Waals surface area contributed by atoms with Crippen LogP contribution in [-0.2, 0) is 17.9 Å². The van der Waals surface area contributed by atoms with Crippen molar-refractivity contribution in [1.29, 1.82) is 0 Å². The maximum absolute atomic E-state index is 13.0. The summed E-state index contributed by atoms with van der Waals surface area (Å²) in [5, 5.41) is 7.68. The minimum atomic E-state index is -0.260. The summed E-state index contributed by atoms with van der Waals surface area (Å²) in [4.78, 5) is 14.1. The van der Waals surface area contributed by atoms with Crippen LogP contribution in [0.3, 0.4) is 0 Å². The molecular formula is C21H21FN4O. The summed E-state index contributed by atoms with van der Waals surface area (Å²) in [7, 11) is 0. The Hall–Kier alpha value is -2.99. The molecule has 5 nitrogen and oxygen atoms in total. The van der Waals surface area contributed by atoms with Crippen LogP contribution in [0.25, 0.3) is 5.69 Å². The minimum Gasteiger partial charge on any atom is -0.337 e. The monoisotopic (exact) mass is 364 g/mol. The van der Waals surface area contributed by atoms with Gasteiger partial charge in [-0.15, -0.1) is 0 Å². The zero-order valence-electron chi connectivity index (χ0n) is 14.9. The summed E-state index contributed by atoms with van der Waals surface area (Å²) < 4.78 is 14.8. The Balaban J connectivity index is 1.30. The number of benzene rings is 2. The Kier molecular flexibility index (Phi) is 4.98. The molecule has 0 unspecified atom stereocenters. The standard InChI is InChI=1S/C21H21FN4O/c22-18-6-2-17(3-7-18)14-25-15-19(12-21(25)27)23-13-16-4-8-20(9-5-16)26-11-1-10-24-26/h1-11,19,23H,12-15H2/t19-/m1/s1. The van der Waals surface area contributed by atoms with E-state index in [4.69, 9.17) is 0 Å². The quantitative estimate of drug-likeness (QED) is 0.732. The Labute approximate surface area is 157 Å². The summed E-state index contributed by atoms with van der Waals surface area (Å²) >= 11 is 0. The first kappa shape index (κ1) is 17.4. The molecule has 1 saturated heterocycles. The van der Waals surface area contributed by atoms with E-state index in [0.717, 1.165) is 16.8 Å². The second-order valence-electron chi connectivity index (χ2n) is 6.80. The van der Waals surface area contributed by atoms with Crippen molar-refractivity contribution in [2.45, 2.75) is 25.6 Å². The van der Waals surface area contributed by atoms with E-state index in [-0.39, 0.29) is 17.8 Å². The minimum absolute atomic E-state index is 0.128. The van der Waals surface area contributed by atoms with Crippen LogP contribution >= 0.6 is 0 Å². The van der Waals surface area contributed by atoms with Gasteiger partial charge in [-0.2, -0.15) is 5.10 Å². The molecule has 1 aliphatic heterocycles. The number of nitrogens with one attached hydrogen (secondary N) is 1. The largest absolute Gasteiger partial charge is 0.337 e. The molecule has 1 atom stereocenters. The molecule has 1 N–H and O–H groups in total. The molecule has 4 rings (SSSR count). The normalized spacial score (nSPS) is 16.9. The first-order valence-corrected chi connectivity index (χ1v) is 9.02. The van der Waals surface area contributed by atoms with Gasteiger partial charge in [0, 0.05) is 44.5 Å². The van der Waals surface area contributed by atoms with Crippen molar-refractivity contribution >= 4 is 5.91 Å². The molecule has 138 valence electrons. The van der Waals surface area contributed by atoms with Gasteiger partial charge in [0.1, 0.15) is 5.82 Å². The summed E-state index contributed by atoms with van der Waals surface area (Å²) in [6, 6.07) is 16.5. The third-order valence-electron chi connectivity index (χ3n) is 4.80. The number of halogens is 1. The predicted octanol–water partition coefficient (Wildman–Crippen LogP) is 2.90. The molecule has 2 aromatic carbocycles. The zero-order chi connectivity index (χ0) is 18.6. The molecule has 0 aliphatic carbocycles. The van der Waals surface area contributed by atoms with Gasteiger partial charge in [0.2, 0.25) is 5.91 Å². The lowest BCUT2D eigenvalue weighted by Gasteiger charge is -2.17. The zero-order valence-corrected chi connectivity index (χ0v) is 14.9. The summed E-state index contributed by atoms with van der Waals surface area (Å²) in [5.41, 5.74) is 3.13. The number of carbonyl (C=O) groups excluding carboxylic acids is 1. The van der Waals surface area contributed by atoms with Crippen molar-refractivity contribution in [3.8, 4) is 5.69 Å². The van der Waals surface area contributed by atoms with Crippen molar-refractivity contribution in [3.63, 3.8) is 0 Å². The summed E-state index contributed by atoms with van der Waals surface area (Å²) in [5.74, 6) is -0.129. The van der Waals surface area contributed by atoms with Crippen molar-refractivity contribution in [2.24, 2.45) is 0 Å². The molecule has 0 bridgehead atoms. The number of rotatable bonds is 6. The Morgan fingerprint density at radius 3 is 2.52 bits per heavy atom. The van der Waals surface area contributed by atoms with E-state index in [1.807, 2.05) is 34.0 Å². The molecule has 0 radical (unpaired) electrons. The summed E-state index contributed by atoms with van der Waals surface area (Å²) in [6.45, 7) is 1.90. The average molecular weight is 364 g/mol. The van der Waals surface area contributed by atoms with Gasteiger partial charge in [0.15, 0.2) is 0 Å². The van der Waals surface area contributed by atoms with Crippen LogP contribution in [-0.4, -0.2) is 33.2 Å². The van der Waals surface area contributed by atoms with Gasteiger partial charge in [-0.05, 0) is 41.5 Å². The maximum atomic E-state index is 13.0. The van der Waals surface area contributed by atoms with E-state index in [2.05, 4.69) is 22.5 Å². The van der Waals surface area contributed by atoms with E-state index >= 15 is 0 Å². The van der Waals surface area contributed by atoms with Crippen molar-refractivity contribution in [3.05, 3.63) is 83.9 Å². The highest BCUT2D eigenvalue weighted by Gasteiger charge is 2.29. The fourth-order valence-corrected chi connectivity index (χ4v) is 3.32. The third-order valence-corrected chi connectivity index (χ3v) is 4.80. The molecule has 0 spiro atoms. The molecule has 1 fully saturated rings. The topological polar surface area (TPSA) is 50.2 Å². The van der Waals surface area contributed by atoms with Gasteiger partial charge in [-0.25, -0.2) is 9.07 Å². The molecule has 6 heteroatoms. The van der Waals surface area contributed by atoms with Gasteiger partial charge in [0.05, 0.1) is 5.69 Å². The van der Waals surface area contributed by atoms with Crippen molar-refractivity contribution < 1.29 is 9.18 Å². The number of hydrogen-bond donors (Lipinski definition) is 1. The first-order valence-electron chi connectivity index (χ1n) is 9.02. The second kappa shape index (κ2) is 7.72. The highest BCUT2D eigenvalue weighted by Crippen LogP contribution is 2.16. The smallest absolute Gasteiger partial charge is 0.224 e. The van der Waals surface area contributed by atoms with E-state index in [1.165, 1.54) is 12.1 Å². The molecule has 1 amide bonds. The lowest BCUT2D eigenvalue weighted by atomic mass is 10.2. The molecule has 2 heterocycles. The van der Waals surface area contributed by atoms with Crippen LogP contribution in [0.5, 0.6) is 0 Å². The number of nitrogens with zero attached hydrogens (tertiary/aromatic N) is 3. The first-order chi connectivity index (χ1) is 13.2. The predicted molar refractivity (Wildman–Crippen MR) is 101 cm³/mol. The van der Waals surface area contributed by atoms with Crippen LogP contribution in [0.1, 0.15) is 17.5 Å². The number of amides is 1. The molecule has 0 saturated carbocycles. The Morgan fingerprint density at radius 2 is 1.81 bits per heavy atom. The van der Waals surface area contributed by atoms with Crippen LogP contribution in [0, 0.1) is 5.82 Å². The van der Waals surface area contributed by atoms with Gasteiger partial charge < -0.3 is 10.2 Å². The molecule has 3 aromatic rings. The number of carbonyl (C=O) groups is 1. The second-order valence-corrected chi connectivity index (χ2v) is 6.80. The lowest BCUT2D eigenvalue weighted by Crippen LogP contribution is -2.32. The number of likely N-dealkylation sites (tertiary alicyclic amines) is 1. The number of hydrogen-bond acceptors (Lipinski definition) is 3. The van der Waals surface area contributed by atoms with Crippen LogP contribution in [0.4, 0.5) is 4.39 Å². The van der Waals surface area contributed by atoms with Gasteiger partial charge >= 0.3 is 0 Å². The highest BCUT2D eigenvalue weighted by molar-refractivity contribution is 5.79. The highest BCUT2D eigenvalue weighted by atomic mass is 19.1. The Morgan fingerprint density at radius 1 is 1.07 bits per heavy atom. The van der Waals surface area contributed by atoms with E-state index in [1.54, 1.807) is 18.3 Å². The van der Waals surface area contributed by atoms with Crippen molar-refractivity contribution in [2.75, 3.05) is 6.54 Å². The van der Waals surface area contributed by atoms with E-state index in [9.17, 15) is 9.18 Å². The van der Waals surface area contributed by atoms with E-state index < -0.39 is 0 Å².